The first kappa shape index (κ1) is 16.1. The molecule has 0 heterocycles. The van der Waals surface area contributed by atoms with E-state index in [0.29, 0.717) is 6.61 Å². The Morgan fingerprint density at radius 2 is 1.89 bits per heavy atom. The van der Waals surface area contributed by atoms with Gasteiger partial charge in [-0.05, 0) is 18.9 Å². The lowest BCUT2D eigenvalue weighted by Crippen LogP contribution is -2.24. The fourth-order valence-corrected chi connectivity index (χ4v) is 2.67. The Morgan fingerprint density at radius 3 is 2.42 bits per heavy atom. The van der Waals surface area contributed by atoms with Gasteiger partial charge in [0, 0.05) is 10.5 Å². The normalized spacial score (nSPS) is 13.1. The first-order chi connectivity index (χ1) is 8.92. The summed E-state index contributed by atoms with van der Waals surface area (Å²) in [4.78, 5) is 12.0. The number of hydrogen-bond acceptors (Lipinski definition) is 3. The van der Waals surface area contributed by atoms with Crippen LogP contribution < -0.4 is 0 Å². The van der Waals surface area contributed by atoms with Crippen LogP contribution in [0.3, 0.4) is 0 Å². The van der Waals surface area contributed by atoms with Crippen molar-refractivity contribution < 1.29 is 9.53 Å². The standard InChI is InChI=1S/C16H24O2S/c1-5-18-15(17)14(12-19-16(2,3)4)11-13-9-7-6-8-10-13/h6-10,14H,5,11-12H2,1-4H3/t14-/m1/s1. The molecule has 0 saturated heterocycles. The first-order valence-corrected chi connectivity index (χ1v) is 7.75. The van der Waals surface area contributed by atoms with Gasteiger partial charge < -0.3 is 4.74 Å². The molecule has 0 aliphatic rings. The Hall–Kier alpha value is -0.960. The van der Waals surface area contributed by atoms with Crippen molar-refractivity contribution in [3.05, 3.63) is 35.9 Å². The molecule has 19 heavy (non-hydrogen) atoms. The summed E-state index contributed by atoms with van der Waals surface area (Å²) in [5, 5.41) is 0. The summed E-state index contributed by atoms with van der Waals surface area (Å²) < 4.78 is 5.36. The van der Waals surface area contributed by atoms with Gasteiger partial charge in [-0.3, -0.25) is 4.79 Å². The minimum absolute atomic E-state index is 0.0634. The highest BCUT2D eigenvalue weighted by atomic mass is 32.2. The summed E-state index contributed by atoms with van der Waals surface area (Å²) in [5.41, 5.74) is 1.19. The fraction of sp³-hybridized carbons (Fsp3) is 0.562. The number of hydrogen-bond donors (Lipinski definition) is 0. The highest BCUT2D eigenvalue weighted by Gasteiger charge is 2.23. The lowest BCUT2D eigenvalue weighted by molar-refractivity contribution is -0.147. The lowest BCUT2D eigenvalue weighted by atomic mass is 10.0. The number of thioether (sulfide) groups is 1. The highest BCUT2D eigenvalue weighted by Crippen LogP contribution is 2.27. The number of esters is 1. The quantitative estimate of drug-likeness (QED) is 0.738. The molecule has 0 unspecified atom stereocenters. The molecule has 1 aromatic carbocycles. The molecule has 1 aromatic rings. The van der Waals surface area contributed by atoms with E-state index in [0.717, 1.165) is 12.2 Å². The maximum atomic E-state index is 12.0. The zero-order valence-electron chi connectivity index (χ0n) is 12.3. The van der Waals surface area contributed by atoms with E-state index < -0.39 is 0 Å². The molecule has 3 heteroatoms. The molecule has 0 bridgehead atoms. The van der Waals surface area contributed by atoms with Gasteiger partial charge in [0.25, 0.3) is 0 Å². The topological polar surface area (TPSA) is 26.3 Å². The average molecular weight is 280 g/mol. The number of benzene rings is 1. The zero-order chi connectivity index (χ0) is 14.3. The van der Waals surface area contributed by atoms with Gasteiger partial charge in [0.15, 0.2) is 0 Å². The summed E-state index contributed by atoms with van der Waals surface area (Å²) in [6.07, 6.45) is 0.753. The van der Waals surface area contributed by atoms with E-state index in [1.807, 2.05) is 36.9 Å². The van der Waals surface area contributed by atoms with Gasteiger partial charge in [-0.25, -0.2) is 0 Å². The smallest absolute Gasteiger partial charge is 0.310 e. The minimum atomic E-state index is -0.0805. The molecule has 0 fully saturated rings. The van der Waals surface area contributed by atoms with Gasteiger partial charge in [0.1, 0.15) is 0 Å². The van der Waals surface area contributed by atoms with Gasteiger partial charge in [-0.2, -0.15) is 11.8 Å². The number of ether oxygens (including phenoxy) is 1. The second-order valence-corrected chi connectivity index (χ2v) is 7.41. The van der Waals surface area contributed by atoms with Crippen molar-refractivity contribution in [3.8, 4) is 0 Å². The van der Waals surface area contributed by atoms with Gasteiger partial charge in [-0.15, -0.1) is 0 Å². The van der Waals surface area contributed by atoms with E-state index in [-0.39, 0.29) is 16.6 Å². The van der Waals surface area contributed by atoms with Crippen LogP contribution in [0.15, 0.2) is 30.3 Å². The van der Waals surface area contributed by atoms with E-state index in [2.05, 4.69) is 32.9 Å². The Bertz CT molecular complexity index is 381. The summed E-state index contributed by atoms with van der Waals surface area (Å²) >= 11 is 1.81. The van der Waals surface area contributed by atoms with Crippen molar-refractivity contribution >= 4 is 17.7 Å². The third-order valence-electron chi connectivity index (χ3n) is 2.66. The van der Waals surface area contributed by atoms with Gasteiger partial charge >= 0.3 is 5.97 Å². The Morgan fingerprint density at radius 1 is 1.26 bits per heavy atom. The summed E-state index contributed by atoms with van der Waals surface area (Å²) in [7, 11) is 0. The van der Waals surface area contributed by atoms with Gasteiger partial charge in [-0.1, -0.05) is 51.1 Å². The number of carbonyl (C=O) groups is 1. The molecule has 0 spiro atoms. The maximum absolute atomic E-state index is 12.0. The van der Waals surface area contributed by atoms with Crippen molar-refractivity contribution in [1.29, 1.82) is 0 Å². The third kappa shape index (κ3) is 6.67. The monoisotopic (exact) mass is 280 g/mol. The molecule has 106 valence electrons. The van der Waals surface area contributed by atoms with E-state index in [1.54, 1.807) is 0 Å². The summed E-state index contributed by atoms with van der Waals surface area (Å²) in [6.45, 7) is 8.81. The third-order valence-corrected chi connectivity index (χ3v) is 4.10. The lowest BCUT2D eigenvalue weighted by Gasteiger charge is -2.22. The van der Waals surface area contributed by atoms with Crippen LogP contribution in [0.25, 0.3) is 0 Å². The largest absolute Gasteiger partial charge is 0.466 e. The van der Waals surface area contributed by atoms with Gasteiger partial charge in [0.2, 0.25) is 0 Å². The molecule has 2 nitrogen and oxygen atoms in total. The average Bonchev–Trinajstić information content (AvgIpc) is 2.35. The van der Waals surface area contributed by atoms with Crippen LogP contribution >= 0.6 is 11.8 Å². The SMILES string of the molecule is CCOC(=O)[C@@H](CSC(C)(C)C)Cc1ccccc1. The van der Waals surface area contributed by atoms with Crippen LogP contribution in [0.4, 0.5) is 0 Å². The predicted octanol–water partition coefficient (Wildman–Crippen LogP) is 3.94. The van der Waals surface area contributed by atoms with E-state index in [9.17, 15) is 4.79 Å². The van der Waals surface area contributed by atoms with Crippen LogP contribution in [-0.4, -0.2) is 23.1 Å². The van der Waals surface area contributed by atoms with Crippen molar-refractivity contribution in [2.24, 2.45) is 5.92 Å². The minimum Gasteiger partial charge on any atom is -0.466 e. The fourth-order valence-electron chi connectivity index (χ4n) is 1.72. The molecule has 0 amide bonds. The molecule has 0 aliphatic carbocycles. The molecule has 1 atom stereocenters. The molecule has 0 N–H and O–H groups in total. The van der Waals surface area contributed by atoms with Gasteiger partial charge in [0.05, 0.1) is 12.5 Å². The van der Waals surface area contributed by atoms with Crippen molar-refractivity contribution in [2.45, 2.75) is 38.9 Å². The van der Waals surface area contributed by atoms with Crippen molar-refractivity contribution in [3.63, 3.8) is 0 Å². The van der Waals surface area contributed by atoms with Crippen molar-refractivity contribution in [1.82, 2.24) is 0 Å². The van der Waals surface area contributed by atoms with Crippen LogP contribution in [0.2, 0.25) is 0 Å². The van der Waals surface area contributed by atoms with Crippen LogP contribution in [0.5, 0.6) is 0 Å². The molecule has 0 aromatic heterocycles. The van der Waals surface area contributed by atoms with Crippen molar-refractivity contribution in [2.75, 3.05) is 12.4 Å². The molecular formula is C16H24O2S. The second kappa shape index (κ2) is 7.59. The Kier molecular flexibility index (Phi) is 6.43. The predicted molar refractivity (Wildman–Crippen MR) is 82.5 cm³/mol. The maximum Gasteiger partial charge on any atom is 0.310 e. The van der Waals surface area contributed by atoms with E-state index >= 15 is 0 Å². The summed E-state index contributed by atoms with van der Waals surface area (Å²) in [5.74, 6) is 0.659. The number of rotatable bonds is 6. The second-order valence-electron chi connectivity index (χ2n) is 5.56. The van der Waals surface area contributed by atoms with E-state index in [1.165, 1.54) is 5.56 Å². The number of carbonyl (C=O) groups excluding carboxylic acids is 1. The van der Waals surface area contributed by atoms with Crippen LogP contribution in [-0.2, 0) is 16.0 Å². The Labute approximate surface area is 120 Å². The molecular weight excluding hydrogens is 256 g/mol. The van der Waals surface area contributed by atoms with Crippen LogP contribution in [0, 0.1) is 5.92 Å². The molecule has 0 aliphatic heterocycles. The van der Waals surface area contributed by atoms with Crippen LogP contribution in [0.1, 0.15) is 33.3 Å². The molecule has 0 saturated carbocycles. The Balaban J connectivity index is 2.66. The molecule has 1 rings (SSSR count). The summed E-state index contributed by atoms with van der Waals surface area (Å²) in [6, 6.07) is 10.1. The zero-order valence-corrected chi connectivity index (χ0v) is 13.1. The first-order valence-electron chi connectivity index (χ1n) is 6.77. The molecule has 0 radical (unpaired) electrons. The highest BCUT2D eigenvalue weighted by molar-refractivity contribution is 8.00. The van der Waals surface area contributed by atoms with E-state index in [4.69, 9.17) is 4.74 Å².